The van der Waals surface area contributed by atoms with Gasteiger partial charge in [-0.25, -0.2) is 8.78 Å². The molecule has 0 unspecified atom stereocenters. The zero-order valence-corrected chi connectivity index (χ0v) is 11.2. The first kappa shape index (κ1) is 13.4. The molecule has 98 valence electrons. The minimum absolute atomic E-state index is 0.365. The van der Waals surface area contributed by atoms with E-state index in [1.54, 1.807) is 7.11 Å². The Hall–Kier alpha value is -1.04. The van der Waals surface area contributed by atoms with E-state index >= 15 is 0 Å². The number of benzene rings is 1. The Bertz CT molecular complexity index is 553. The van der Waals surface area contributed by atoms with Crippen LogP contribution in [0.4, 0.5) is 8.78 Å². The van der Waals surface area contributed by atoms with Crippen molar-refractivity contribution < 1.29 is 13.5 Å². The van der Waals surface area contributed by atoms with E-state index in [0.29, 0.717) is 23.2 Å². The second kappa shape index (κ2) is 5.73. The van der Waals surface area contributed by atoms with Gasteiger partial charge in [-0.1, -0.05) is 6.92 Å². The summed E-state index contributed by atoms with van der Waals surface area (Å²) in [6.07, 6.45) is 0. The lowest BCUT2D eigenvalue weighted by molar-refractivity contribution is 0.185. The smallest absolute Gasteiger partial charge is 0.143 e. The molecular formula is C13H15F2NOS. The first-order valence-corrected chi connectivity index (χ1v) is 6.58. The molecule has 0 aliphatic heterocycles. The van der Waals surface area contributed by atoms with Gasteiger partial charge in [0.15, 0.2) is 0 Å². The van der Waals surface area contributed by atoms with E-state index < -0.39 is 11.6 Å². The third-order valence-electron chi connectivity index (χ3n) is 2.72. The van der Waals surface area contributed by atoms with Crippen molar-refractivity contribution in [1.82, 2.24) is 5.32 Å². The molecule has 2 rings (SSSR count). The molecule has 0 amide bonds. The summed E-state index contributed by atoms with van der Waals surface area (Å²) in [4.78, 5) is 0.998. The third kappa shape index (κ3) is 2.53. The van der Waals surface area contributed by atoms with Gasteiger partial charge in [0.2, 0.25) is 0 Å². The van der Waals surface area contributed by atoms with E-state index in [0.717, 1.165) is 23.1 Å². The lowest BCUT2D eigenvalue weighted by atomic mass is 10.1. The Morgan fingerprint density at radius 3 is 2.78 bits per heavy atom. The van der Waals surface area contributed by atoms with Crippen LogP contribution >= 0.6 is 11.3 Å². The van der Waals surface area contributed by atoms with Crippen molar-refractivity contribution >= 4 is 21.4 Å². The Morgan fingerprint density at radius 2 is 2.11 bits per heavy atom. The van der Waals surface area contributed by atoms with Gasteiger partial charge >= 0.3 is 0 Å². The van der Waals surface area contributed by atoms with Crippen LogP contribution in [0.3, 0.4) is 0 Å². The van der Waals surface area contributed by atoms with Crippen molar-refractivity contribution in [3.8, 4) is 0 Å². The summed E-state index contributed by atoms with van der Waals surface area (Å²) < 4.78 is 32.6. The molecule has 18 heavy (non-hydrogen) atoms. The molecule has 0 aliphatic carbocycles. The molecule has 2 nitrogen and oxygen atoms in total. The highest BCUT2D eigenvalue weighted by Gasteiger charge is 2.15. The summed E-state index contributed by atoms with van der Waals surface area (Å²) >= 11 is 1.35. The summed E-state index contributed by atoms with van der Waals surface area (Å²) in [6, 6.07) is 2.30. The summed E-state index contributed by atoms with van der Waals surface area (Å²) in [5.41, 5.74) is 0.872. The van der Waals surface area contributed by atoms with Crippen LogP contribution in [-0.2, 0) is 17.9 Å². The van der Waals surface area contributed by atoms with Crippen LogP contribution in [-0.4, -0.2) is 13.7 Å². The average molecular weight is 271 g/mol. The van der Waals surface area contributed by atoms with Crippen LogP contribution in [0.1, 0.15) is 17.4 Å². The number of ether oxygens (including phenoxy) is 1. The molecule has 0 spiro atoms. The predicted octanol–water partition coefficient (Wildman–Crippen LogP) is 3.44. The van der Waals surface area contributed by atoms with Crippen LogP contribution in [0.15, 0.2) is 12.1 Å². The Balaban J connectivity index is 2.55. The fourth-order valence-corrected chi connectivity index (χ4v) is 3.07. The highest BCUT2D eigenvalue weighted by Crippen LogP contribution is 2.34. The van der Waals surface area contributed by atoms with Gasteiger partial charge in [-0.2, -0.15) is 0 Å². The molecule has 1 aromatic carbocycles. The SMILES string of the molecule is CCNCc1sc2c(F)cc(F)cc2c1COC. The first-order chi connectivity index (χ1) is 8.67. The van der Waals surface area contributed by atoms with Gasteiger partial charge < -0.3 is 10.1 Å². The zero-order valence-electron chi connectivity index (χ0n) is 10.3. The molecule has 0 aliphatic rings. The van der Waals surface area contributed by atoms with E-state index in [4.69, 9.17) is 4.74 Å². The van der Waals surface area contributed by atoms with E-state index in [9.17, 15) is 8.78 Å². The van der Waals surface area contributed by atoms with Crippen molar-refractivity contribution in [1.29, 1.82) is 0 Å². The quantitative estimate of drug-likeness (QED) is 0.899. The molecule has 0 fully saturated rings. The number of halogens is 2. The molecule has 2 aromatic rings. The maximum Gasteiger partial charge on any atom is 0.143 e. The monoisotopic (exact) mass is 271 g/mol. The molecular weight excluding hydrogens is 256 g/mol. The fraction of sp³-hybridized carbons (Fsp3) is 0.385. The van der Waals surface area contributed by atoms with Crippen LogP contribution in [0.25, 0.3) is 10.1 Å². The minimum Gasteiger partial charge on any atom is -0.380 e. The van der Waals surface area contributed by atoms with Gasteiger partial charge in [0.25, 0.3) is 0 Å². The largest absolute Gasteiger partial charge is 0.380 e. The zero-order chi connectivity index (χ0) is 13.1. The fourth-order valence-electron chi connectivity index (χ4n) is 1.91. The third-order valence-corrected chi connectivity index (χ3v) is 3.98. The first-order valence-electron chi connectivity index (χ1n) is 5.76. The van der Waals surface area contributed by atoms with Gasteiger partial charge in [-0.3, -0.25) is 0 Å². The van der Waals surface area contributed by atoms with E-state index in [2.05, 4.69) is 5.32 Å². The van der Waals surface area contributed by atoms with Crippen molar-refractivity contribution in [3.05, 3.63) is 34.2 Å². The van der Waals surface area contributed by atoms with Gasteiger partial charge in [0, 0.05) is 35.5 Å². The standard InChI is InChI=1S/C13H15F2NOS/c1-3-16-6-12-10(7-17-2)9-4-8(14)5-11(15)13(9)18-12/h4-5,16H,3,6-7H2,1-2H3. The maximum absolute atomic E-state index is 13.7. The van der Waals surface area contributed by atoms with Crippen molar-refractivity contribution in [2.75, 3.05) is 13.7 Å². The number of hydrogen-bond acceptors (Lipinski definition) is 3. The number of nitrogens with one attached hydrogen (secondary N) is 1. The summed E-state index contributed by atoms with van der Waals surface area (Å²) in [7, 11) is 1.58. The van der Waals surface area contributed by atoms with Crippen LogP contribution in [0, 0.1) is 11.6 Å². The normalized spacial score (nSPS) is 11.3. The lowest BCUT2D eigenvalue weighted by Crippen LogP contribution is -2.11. The highest BCUT2D eigenvalue weighted by atomic mass is 32.1. The molecule has 0 bridgehead atoms. The summed E-state index contributed by atoms with van der Waals surface area (Å²) in [6.45, 7) is 3.85. The van der Waals surface area contributed by atoms with Gasteiger partial charge in [0.1, 0.15) is 11.6 Å². The Kier molecular flexibility index (Phi) is 4.27. The van der Waals surface area contributed by atoms with Crippen LogP contribution < -0.4 is 5.32 Å². The number of hydrogen-bond donors (Lipinski definition) is 1. The summed E-state index contributed by atoms with van der Waals surface area (Å²) in [5.74, 6) is -1.06. The molecule has 1 N–H and O–H groups in total. The van der Waals surface area contributed by atoms with Crippen molar-refractivity contribution in [2.45, 2.75) is 20.1 Å². The topological polar surface area (TPSA) is 21.3 Å². The molecule has 5 heteroatoms. The second-order valence-corrected chi connectivity index (χ2v) is 5.09. The highest BCUT2D eigenvalue weighted by molar-refractivity contribution is 7.19. The van der Waals surface area contributed by atoms with Crippen molar-refractivity contribution in [3.63, 3.8) is 0 Å². The van der Waals surface area contributed by atoms with E-state index in [1.807, 2.05) is 6.92 Å². The number of fused-ring (bicyclic) bond motifs is 1. The number of thiophene rings is 1. The Morgan fingerprint density at radius 1 is 1.33 bits per heavy atom. The predicted molar refractivity (Wildman–Crippen MR) is 69.8 cm³/mol. The minimum atomic E-state index is -0.551. The molecule has 0 saturated heterocycles. The van der Waals surface area contributed by atoms with Crippen LogP contribution in [0.5, 0.6) is 0 Å². The second-order valence-electron chi connectivity index (χ2n) is 3.98. The maximum atomic E-state index is 13.7. The lowest BCUT2D eigenvalue weighted by Gasteiger charge is -2.04. The Labute approximate surface area is 109 Å². The number of rotatable bonds is 5. The van der Waals surface area contributed by atoms with Gasteiger partial charge in [0.05, 0.1) is 11.3 Å². The molecule has 1 aromatic heterocycles. The van der Waals surface area contributed by atoms with E-state index in [-0.39, 0.29) is 0 Å². The molecule has 0 atom stereocenters. The summed E-state index contributed by atoms with van der Waals surface area (Å²) in [5, 5.41) is 3.81. The molecule has 1 heterocycles. The molecule has 0 saturated carbocycles. The van der Waals surface area contributed by atoms with E-state index in [1.165, 1.54) is 17.4 Å². The van der Waals surface area contributed by atoms with Gasteiger partial charge in [-0.15, -0.1) is 11.3 Å². The number of methoxy groups -OCH3 is 1. The average Bonchev–Trinajstić information content (AvgIpc) is 2.66. The van der Waals surface area contributed by atoms with Crippen LogP contribution in [0.2, 0.25) is 0 Å². The molecule has 0 radical (unpaired) electrons. The van der Waals surface area contributed by atoms with Gasteiger partial charge in [-0.05, 0) is 12.6 Å². The van der Waals surface area contributed by atoms with Crippen molar-refractivity contribution in [2.24, 2.45) is 0 Å².